The largest absolute Gasteiger partial charge is 0.489 e. The summed E-state index contributed by atoms with van der Waals surface area (Å²) in [5.41, 5.74) is 4.43. The molecule has 154 valence electrons. The topological polar surface area (TPSA) is 47.1 Å². The van der Waals surface area contributed by atoms with E-state index in [1.54, 1.807) is 0 Å². The van der Waals surface area contributed by atoms with Crippen molar-refractivity contribution in [1.82, 2.24) is 9.97 Å². The van der Waals surface area contributed by atoms with Gasteiger partial charge in [-0.2, -0.15) is 0 Å². The fourth-order valence-corrected chi connectivity index (χ4v) is 3.17. The molecule has 0 bridgehead atoms. The smallest absolute Gasteiger partial charge is 0.133 e. The van der Waals surface area contributed by atoms with Crippen LogP contribution in [-0.2, 0) is 24.4 Å². The molecule has 1 N–H and O–H groups in total. The van der Waals surface area contributed by atoms with E-state index in [4.69, 9.17) is 9.47 Å². The molecule has 0 aliphatic rings. The summed E-state index contributed by atoms with van der Waals surface area (Å²) in [5.74, 6) is 0.442. The van der Waals surface area contributed by atoms with E-state index in [0.717, 1.165) is 47.0 Å². The Morgan fingerprint density at radius 2 is 1.77 bits per heavy atom. The van der Waals surface area contributed by atoms with Gasteiger partial charge in [-0.05, 0) is 66.9 Å². The summed E-state index contributed by atoms with van der Waals surface area (Å²) in [6.45, 7) is 3.01. The van der Waals surface area contributed by atoms with Crippen molar-refractivity contribution >= 4 is 11.0 Å². The van der Waals surface area contributed by atoms with Crippen LogP contribution >= 0.6 is 0 Å². The maximum absolute atomic E-state index is 13.6. The van der Waals surface area contributed by atoms with Crippen LogP contribution in [0, 0.1) is 18.6 Å². The molecule has 3 aromatic carbocycles. The highest BCUT2D eigenvalue weighted by atomic mass is 19.1. The predicted molar refractivity (Wildman–Crippen MR) is 111 cm³/mol. The standard InChI is InChI=1S/C24H22F2N2O2/c1-16-2-9-22-23(12-16)28-24(27-22)15-29-11-10-17-3-6-20(7-4-17)30-14-18-13-19(25)5-8-21(18)26/h2-9,12-13H,10-11,14-15H2,1H3,(H,27,28). The number of ether oxygens (including phenoxy) is 2. The molecular weight excluding hydrogens is 386 g/mol. The number of aryl methyl sites for hydroxylation is 1. The van der Waals surface area contributed by atoms with Crippen LogP contribution in [0.2, 0.25) is 0 Å². The van der Waals surface area contributed by atoms with E-state index >= 15 is 0 Å². The van der Waals surface area contributed by atoms with Gasteiger partial charge in [0.2, 0.25) is 0 Å². The van der Waals surface area contributed by atoms with Crippen LogP contribution in [0.3, 0.4) is 0 Å². The third-order valence-electron chi connectivity index (χ3n) is 4.79. The zero-order chi connectivity index (χ0) is 20.9. The first kappa shape index (κ1) is 20.0. The van der Waals surface area contributed by atoms with Gasteiger partial charge in [0.25, 0.3) is 0 Å². The van der Waals surface area contributed by atoms with Gasteiger partial charge in [-0.1, -0.05) is 18.2 Å². The van der Waals surface area contributed by atoms with Gasteiger partial charge in [0, 0.05) is 5.56 Å². The van der Waals surface area contributed by atoms with Gasteiger partial charge < -0.3 is 14.5 Å². The first-order valence-corrected chi connectivity index (χ1v) is 9.75. The fraction of sp³-hybridized carbons (Fsp3) is 0.208. The van der Waals surface area contributed by atoms with Crippen LogP contribution in [-0.4, -0.2) is 16.6 Å². The minimum absolute atomic E-state index is 0.0247. The average Bonchev–Trinajstić information content (AvgIpc) is 3.14. The molecule has 0 fully saturated rings. The Morgan fingerprint density at radius 1 is 0.933 bits per heavy atom. The Morgan fingerprint density at radius 3 is 2.60 bits per heavy atom. The molecule has 30 heavy (non-hydrogen) atoms. The van der Waals surface area contributed by atoms with Crippen molar-refractivity contribution in [3.05, 3.63) is 94.8 Å². The molecule has 0 aliphatic carbocycles. The molecule has 6 heteroatoms. The molecule has 1 heterocycles. The summed E-state index contributed by atoms with van der Waals surface area (Å²) < 4.78 is 38.1. The molecule has 1 aromatic heterocycles. The van der Waals surface area contributed by atoms with Gasteiger partial charge in [0.05, 0.1) is 17.6 Å². The Labute approximate surface area is 173 Å². The summed E-state index contributed by atoms with van der Waals surface area (Å²) in [5, 5.41) is 0. The molecule has 0 atom stereocenters. The van der Waals surface area contributed by atoms with Gasteiger partial charge in [0.15, 0.2) is 0 Å². The fourth-order valence-electron chi connectivity index (χ4n) is 3.17. The average molecular weight is 408 g/mol. The minimum atomic E-state index is -0.483. The SMILES string of the molecule is Cc1ccc2nc(COCCc3ccc(OCc4cc(F)ccc4F)cc3)[nH]c2c1. The highest BCUT2D eigenvalue weighted by Gasteiger charge is 2.06. The monoisotopic (exact) mass is 408 g/mol. The Balaban J connectivity index is 1.23. The van der Waals surface area contributed by atoms with Crippen LogP contribution in [0.15, 0.2) is 60.7 Å². The maximum atomic E-state index is 13.6. The molecule has 4 rings (SSSR count). The summed E-state index contributed by atoms with van der Waals surface area (Å²) in [6.07, 6.45) is 0.748. The van der Waals surface area contributed by atoms with E-state index in [1.807, 2.05) is 43.3 Å². The third-order valence-corrected chi connectivity index (χ3v) is 4.79. The van der Waals surface area contributed by atoms with Crippen molar-refractivity contribution < 1.29 is 18.3 Å². The number of aromatic nitrogens is 2. The quantitative estimate of drug-likeness (QED) is 0.392. The van der Waals surface area contributed by atoms with Gasteiger partial charge >= 0.3 is 0 Å². The number of fused-ring (bicyclic) bond motifs is 1. The second-order valence-corrected chi connectivity index (χ2v) is 7.18. The van der Waals surface area contributed by atoms with Crippen molar-refractivity contribution in [2.24, 2.45) is 0 Å². The van der Waals surface area contributed by atoms with Gasteiger partial charge in [0.1, 0.15) is 36.4 Å². The maximum Gasteiger partial charge on any atom is 0.133 e. The Hall–Kier alpha value is -3.25. The highest BCUT2D eigenvalue weighted by Crippen LogP contribution is 2.17. The molecule has 0 unspecified atom stereocenters. The van der Waals surface area contributed by atoms with Gasteiger partial charge in [-0.3, -0.25) is 0 Å². The van der Waals surface area contributed by atoms with E-state index in [0.29, 0.717) is 19.0 Å². The number of rotatable bonds is 8. The lowest BCUT2D eigenvalue weighted by Gasteiger charge is -2.08. The van der Waals surface area contributed by atoms with Crippen molar-refractivity contribution in [2.75, 3.05) is 6.61 Å². The first-order chi connectivity index (χ1) is 14.6. The number of benzene rings is 3. The van der Waals surface area contributed by atoms with Crippen molar-refractivity contribution in [2.45, 2.75) is 26.6 Å². The second-order valence-electron chi connectivity index (χ2n) is 7.18. The number of nitrogens with zero attached hydrogens (tertiary/aromatic N) is 1. The van der Waals surface area contributed by atoms with E-state index in [2.05, 4.69) is 16.0 Å². The number of imidazole rings is 1. The number of hydrogen-bond donors (Lipinski definition) is 1. The summed E-state index contributed by atoms with van der Waals surface area (Å²) in [7, 11) is 0. The van der Waals surface area contributed by atoms with Crippen LogP contribution in [0.4, 0.5) is 8.78 Å². The summed E-state index contributed by atoms with van der Waals surface area (Å²) >= 11 is 0. The highest BCUT2D eigenvalue weighted by molar-refractivity contribution is 5.75. The number of H-pyrrole nitrogens is 1. The van der Waals surface area contributed by atoms with Crippen LogP contribution in [0.1, 0.15) is 22.5 Å². The Kier molecular flexibility index (Phi) is 6.05. The van der Waals surface area contributed by atoms with Crippen LogP contribution < -0.4 is 4.74 Å². The molecular formula is C24H22F2N2O2. The zero-order valence-corrected chi connectivity index (χ0v) is 16.6. The molecule has 0 amide bonds. The molecule has 4 nitrogen and oxygen atoms in total. The Bertz CT molecular complexity index is 1140. The van der Waals surface area contributed by atoms with Crippen molar-refractivity contribution in [1.29, 1.82) is 0 Å². The molecule has 0 aliphatic heterocycles. The molecule has 0 saturated carbocycles. The predicted octanol–water partition coefficient (Wildman–Crippen LogP) is 5.49. The molecule has 4 aromatic rings. The lowest BCUT2D eigenvalue weighted by molar-refractivity contribution is 0.119. The van der Waals surface area contributed by atoms with Gasteiger partial charge in [-0.15, -0.1) is 0 Å². The normalized spacial score (nSPS) is 11.2. The summed E-state index contributed by atoms with van der Waals surface area (Å²) in [6, 6.07) is 16.9. The van der Waals surface area contributed by atoms with Crippen LogP contribution in [0.5, 0.6) is 5.75 Å². The van der Waals surface area contributed by atoms with Crippen LogP contribution in [0.25, 0.3) is 11.0 Å². The molecule has 0 radical (unpaired) electrons. The van der Waals surface area contributed by atoms with E-state index < -0.39 is 11.6 Å². The number of nitrogens with one attached hydrogen (secondary N) is 1. The third kappa shape index (κ3) is 5.02. The van der Waals surface area contributed by atoms with Crippen molar-refractivity contribution in [3.8, 4) is 5.75 Å². The van der Waals surface area contributed by atoms with E-state index in [9.17, 15) is 8.78 Å². The number of halogens is 2. The number of hydrogen-bond acceptors (Lipinski definition) is 3. The van der Waals surface area contributed by atoms with E-state index in [-0.39, 0.29) is 12.2 Å². The lowest BCUT2D eigenvalue weighted by atomic mass is 10.1. The minimum Gasteiger partial charge on any atom is -0.489 e. The number of aromatic amines is 1. The molecule has 0 spiro atoms. The van der Waals surface area contributed by atoms with E-state index in [1.165, 1.54) is 5.56 Å². The second kappa shape index (κ2) is 9.05. The lowest BCUT2D eigenvalue weighted by Crippen LogP contribution is -2.01. The van der Waals surface area contributed by atoms with Gasteiger partial charge in [-0.25, -0.2) is 13.8 Å². The summed E-state index contributed by atoms with van der Waals surface area (Å²) in [4.78, 5) is 7.79. The van der Waals surface area contributed by atoms with Crippen molar-refractivity contribution in [3.63, 3.8) is 0 Å². The first-order valence-electron chi connectivity index (χ1n) is 9.75. The molecule has 0 saturated heterocycles. The zero-order valence-electron chi connectivity index (χ0n) is 16.6.